The van der Waals surface area contributed by atoms with Gasteiger partial charge < -0.3 is 10.5 Å². The Hall–Kier alpha value is -0.330. The van der Waals surface area contributed by atoms with E-state index in [1.165, 1.54) is 0 Å². The Morgan fingerprint density at radius 3 is 2.82 bits per heavy atom. The van der Waals surface area contributed by atoms with E-state index in [-0.39, 0.29) is 0 Å². The lowest BCUT2D eigenvalue weighted by molar-refractivity contribution is 0.230. The van der Waals surface area contributed by atoms with Gasteiger partial charge in [0, 0.05) is 11.9 Å². The molecule has 0 saturated heterocycles. The van der Waals surface area contributed by atoms with Crippen LogP contribution in [0.2, 0.25) is 0 Å². The Labute approximate surface area is 69.7 Å². The summed E-state index contributed by atoms with van der Waals surface area (Å²) in [6, 6.07) is 0. The lowest BCUT2D eigenvalue weighted by atomic mass is 10.2. The van der Waals surface area contributed by atoms with Gasteiger partial charge in [0.1, 0.15) is 12.4 Å². The third-order valence-corrected chi connectivity index (χ3v) is 2.04. The van der Waals surface area contributed by atoms with Crippen molar-refractivity contribution in [3.05, 3.63) is 23.2 Å². The summed E-state index contributed by atoms with van der Waals surface area (Å²) in [6.45, 7) is 1.19. The highest BCUT2D eigenvalue weighted by molar-refractivity contribution is 7.23. The lowest BCUT2D eigenvalue weighted by Gasteiger charge is -2.12. The maximum atomic E-state index is 5.39. The summed E-state index contributed by atoms with van der Waals surface area (Å²) < 4.78 is 5.39. The minimum atomic E-state index is 0.579. The number of hydrogen-bond acceptors (Lipinski definition) is 2. The monoisotopic (exact) mass is 171 g/mol. The molecule has 1 atom stereocenters. The molecule has 1 unspecified atom stereocenters. The van der Waals surface area contributed by atoms with E-state index in [0.29, 0.717) is 13.2 Å². The fourth-order valence-corrected chi connectivity index (χ4v) is 1.35. The molecule has 0 aromatic carbocycles. The summed E-state index contributed by atoms with van der Waals surface area (Å²) in [5.41, 5.74) is 5.31. The van der Waals surface area contributed by atoms with Gasteiger partial charge in [0.15, 0.2) is 0 Å². The van der Waals surface area contributed by atoms with Crippen molar-refractivity contribution in [2.24, 2.45) is 5.73 Å². The first-order chi connectivity index (χ1) is 5.34. The zero-order chi connectivity index (χ0) is 8.10. The highest BCUT2D eigenvalue weighted by atomic mass is 31.0. The Kier molecular flexibility index (Phi) is 3.61. The average Bonchev–Trinajstić information content (AvgIpc) is 2.03. The summed E-state index contributed by atoms with van der Waals surface area (Å²) in [4.78, 5) is 0. The van der Waals surface area contributed by atoms with Crippen molar-refractivity contribution in [3.63, 3.8) is 0 Å². The van der Waals surface area contributed by atoms with Gasteiger partial charge in [0.2, 0.25) is 0 Å². The third-order valence-electron chi connectivity index (χ3n) is 1.52. The molecular formula is C8H14NOP. The standard InChI is InChI=1S/C8H14NOP/c9-5-6-10-7-3-1-2-4-8(7)11/h3-4H,1-2,5-6,9,11H2. The van der Waals surface area contributed by atoms with Gasteiger partial charge in [0.25, 0.3) is 0 Å². The van der Waals surface area contributed by atoms with Crippen molar-refractivity contribution < 1.29 is 4.74 Å². The molecule has 0 aromatic rings. The van der Waals surface area contributed by atoms with E-state index in [2.05, 4.69) is 21.4 Å². The maximum absolute atomic E-state index is 5.39. The van der Waals surface area contributed by atoms with Gasteiger partial charge in [-0.05, 0) is 18.9 Å². The van der Waals surface area contributed by atoms with Gasteiger partial charge in [-0.3, -0.25) is 0 Å². The van der Waals surface area contributed by atoms with Gasteiger partial charge in [-0.15, -0.1) is 9.24 Å². The van der Waals surface area contributed by atoms with Crippen LogP contribution in [0.15, 0.2) is 23.2 Å². The van der Waals surface area contributed by atoms with Crippen molar-refractivity contribution in [2.45, 2.75) is 12.8 Å². The molecule has 1 aliphatic carbocycles. The van der Waals surface area contributed by atoms with Crippen LogP contribution in [-0.2, 0) is 4.74 Å². The van der Waals surface area contributed by atoms with E-state index < -0.39 is 0 Å². The zero-order valence-corrected chi connectivity index (χ0v) is 7.70. The quantitative estimate of drug-likeness (QED) is 0.651. The number of nitrogens with two attached hydrogens (primary N) is 1. The molecule has 2 nitrogen and oxygen atoms in total. The molecule has 62 valence electrons. The molecule has 3 heteroatoms. The highest BCUT2D eigenvalue weighted by Gasteiger charge is 2.04. The first-order valence-corrected chi connectivity index (χ1v) is 4.41. The van der Waals surface area contributed by atoms with Crippen LogP contribution in [0.4, 0.5) is 0 Å². The van der Waals surface area contributed by atoms with Crippen molar-refractivity contribution in [1.29, 1.82) is 0 Å². The molecular weight excluding hydrogens is 157 g/mol. The first-order valence-electron chi connectivity index (χ1n) is 3.83. The van der Waals surface area contributed by atoms with Crippen LogP contribution >= 0.6 is 9.24 Å². The number of ether oxygens (including phenoxy) is 1. The third kappa shape index (κ3) is 2.64. The summed E-state index contributed by atoms with van der Waals surface area (Å²) in [6.07, 6.45) is 6.47. The summed E-state index contributed by atoms with van der Waals surface area (Å²) in [7, 11) is 2.67. The minimum Gasteiger partial charge on any atom is -0.492 e. The molecule has 0 spiro atoms. The fraction of sp³-hybridized carbons (Fsp3) is 0.500. The van der Waals surface area contributed by atoms with Gasteiger partial charge >= 0.3 is 0 Å². The molecule has 1 aliphatic rings. The van der Waals surface area contributed by atoms with Crippen LogP contribution in [-0.4, -0.2) is 13.2 Å². The maximum Gasteiger partial charge on any atom is 0.122 e. The van der Waals surface area contributed by atoms with Crippen LogP contribution in [0.5, 0.6) is 0 Å². The molecule has 0 radical (unpaired) electrons. The average molecular weight is 171 g/mol. The Bertz CT molecular complexity index is 187. The van der Waals surface area contributed by atoms with E-state index in [9.17, 15) is 0 Å². The van der Waals surface area contributed by atoms with Crippen LogP contribution in [0.25, 0.3) is 0 Å². The summed E-state index contributed by atoms with van der Waals surface area (Å²) >= 11 is 0. The van der Waals surface area contributed by atoms with Crippen LogP contribution < -0.4 is 5.73 Å². The SMILES string of the molecule is NCCOC1=CCCC=C1P. The van der Waals surface area contributed by atoms with Crippen LogP contribution in [0.3, 0.4) is 0 Å². The normalized spacial score (nSPS) is 17.3. The van der Waals surface area contributed by atoms with E-state index in [1.54, 1.807) is 0 Å². The highest BCUT2D eigenvalue weighted by Crippen LogP contribution is 2.24. The zero-order valence-electron chi connectivity index (χ0n) is 6.55. The van der Waals surface area contributed by atoms with Gasteiger partial charge in [-0.25, -0.2) is 0 Å². The molecule has 0 aliphatic heterocycles. The first kappa shape index (κ1) is 8.76. The fourth-order valence-electron chi connectivity index (χ4n) is 0.983. The van der Waals surface area contributed by atoms with Crippen molar-refractivity contribution in [2.75, 3.05) is 13.2 Å². The smallest absolute Gasteiger partial charge is 0.122 e. The molecule has 2 N–H and O–H groups in total. The van der Waals surface area contributed by atoms with E-state index in [4.69, 9.17) is 10.5 Å². The number of rotatable bonds is 3. The number of hydrogen-bond donors (Lipinski definition) is 1. The molecule has 1 rings (SSSR count). The van der Waals surface area contributed by atoms with Gasteiger partial charge in [-0.2, -0.15) is 0 Å². The largest absolute Gasteiger partial charge is 0.492 e. The van der Waals surface area contributed by atoms with Crippen molar-refractivity contribution in [1.82, 2.24) is 0 Å². The second-order valence-corrected chi connectivity index (χ2v) is 3.06. The predicted molar refractivity (Wildman–Crippen MR) is 50.1 cm³/mol. The second-order valence-electron chi connectivity index (χ2n) is 2.44. The molecule has 0 bridgehead atoms. The Morgan fingerprint density at radius 2 is 2.18 bits per heavy atom. The summed E-state index contributed by atoms with van der Waals surface area (Å²) in [5, 5.41) is 1.16. The molecule has 0 amide bonds. The molecule has 11 heavy (non-hydrogen) atoms. The Balaban J connectivity index is 2.43. The van der Waals surface area contributed by atoms with E-state index >= 15 is 0 Å². The minimum absolute atomic E-state index is 0.579. The van der Waals surface area contributed by atoms with Crippen molar-refractivity contribution >= 4 is 9.24 Å². The predicted octanol–water partition coefficient (Wildman–Crippen LogP) is 1.40. The van der Waals surface area contributed by atoms with Crippen LogP contribution in [0, 0.1) is 0 Å². The molecule has 0 saturated carbocycles. The Morgan fingerprint density at radius 1 is 1.45 bits per heavy atom. The summed E-state index contributed by atoms with van der Waals surface area (Å²) in [5.74, 6) is 0.978. The topological polar surface area (TPSA) is 35.2 Å². The number of allylic oxidation sites excluding steroid dienone is 3. The van der Waals surface area contributed by atoms with Gasteiger partial charge in [0.05, 0.1) is 0 Å². The van der Waals surface area contributed by atoms with Gasteiger partial charge in [-0.1, -0.05) is 6.08 Å². The second kappa shape index (κ2) is 4.53. The van der Waals surface area contributed by atoms with Crippen LogP contribution in [0.1, 0.15) is 12.8 Å². The molecule has 0 aromatic heterocycles. The van der Waals surface area contributed by atoms with E-state index in [1.807, 2.05) is 0 Å². The molecule has 0 fully saturated rings. The van der Waals surface area contributed by atoms with E-state index in [0.717, 1.165) is 23.9 Å². The molecule has 0 heterocycles. The van der Waals surface area contributed by atoms with Crippen molar-refractivity contribution in [3.8, 4) is 0 Å². The lowest BCUT2D eigenvalue weighted by Crippen LogP contribution is -2.08.